The average Bonchev–Trinajstić information content (AvgIpc) is 3.52. The van der Waals surface area contributed by atoms with E-state index < -0.39 is 30.4 Å². The van der Waals surface area contributed by atoms with Gasteiger partial charge in [-0.15, -0.1) is 9.80 Å². The molecule has 182 valence electrons. The molecule has 12 heteroatoms. The number of fused-ring (bicyclic) bond motifs is 3. The highest BCUT2D eigenvalue weighted by Crippen LogP contribution is 2.57. The second kappa shape index (κ2) is 8.18. The summed E-state index contributed by atoms with van der Waals surface area (Å²) in [6.45, 7) is 0.807. The Hall–Kier alpha value is -3.75. The van der Waals surface area contributed by atoms with Gasteiger partial charge in [0.25, 0.3) is 12.2 Å². The van der Waals surface area contributed by atoms with Crippen molar-refractivity contribution < 1.29 is 31.0 Å². The zero-order chi connectivity index (χ0) is 25.0. The summed E-state index contributed by atoms with van der Waals surface area (Å²) in [6.07, 6.45) is -3.39. The van der Waals surface area contributed by atoms with Crippen molar-refractivity contribution in [1.29, 1.82) is 0 Å². The number of rotatable bonds is 4. The third-order valence-corrected chi connectivity index (χ3v) is 6.07. The molecular formula is C23H19F6N6+. The molecule has 6 nitrogen and oxygen atoms in total. The van der Waals surface area contributed by atoms with Gasteiger partial charge in [0, 0.05) is 18.7 Å². The molecule has 0 spiro atoms. The number of hydrazine groups is 1. The molecule has 2 aliphatic rings. The van der Waals surface area contributed by atoms with Crippen molar-refractivity contribution in [2.24, 2.45) is 5.41 Å². The van der Waals surface area contributed by atoms with Crippen molar-refractivity contribution in [2.45, 2.75) is 38.9 Å². The first kappa shape index (κ1) is 23.0. The molecule has 1 aromatic carbocycles. The van der Waals surface area contributed by atoms with Crippen molar-refractivity contribution >= 4 is 5.69 Å². The van der Waals surface area contributed by atoms with Crippen LogP contribution in [0.15, 0.2) is 43.0 Å². The Bertz CT molecular complexity index is 1330. The smallest absolute Gasteiger partial charge is 0.261 e. The van der Waals surface area contributed by atoms with Gasteiger partial charge >= 0.3 is 6.18 Å². The summed E-state index contributed by atoms with van der Waals surface area (Å²) in [5.74, 6) is 4.78. The number of aromatic nitrogens is 4. The van der Waals surface area contributed by atoms with Gasteiger partial charge < -0.3 is 0 Å². The highest BCUT2D eigenvalue weighted by molar-refractivity contribution is 5.53. The zero-order valence-corrected chi connectivity index (χ0v) is 18.4. The summed E-state index contributed by atoms with van der Waals surface area (Å²) >= 11 is 0. The summed E-state index contributed by atoms with van der Waals surface area (Å²) in [4.78, 5) is 9.72. The Morgan fingerprint density at radius 1 is 1.23 bits per heavy atom. The molecule has 0 saturated heterocycles. The molecule has 1 saturated carbocycles. The first-order chi connectivity index (χ1) is 16.6. The van der Waals surface area contributed by atoms with E-state index in [9.17, 15) is 26.3 Å². The van der Waals surface area contributed by atoms with Crippen LogP contribution in [0.1, 0.15) is 29.8 Å². The lowest BCUT2D eigenvalue weighted by molar-refractivity contribution is -0.695. The molecule has 35 heavy (non-hydrogen) atoms. The zero-order valence-electron chi connectivity index (χ0n) is 18.4. The van der Waals surface area contributed by atoms with E-state index in [0.29, 0.717) is 11.5 Å². The number of pyridine rings is 1. The summed E-state index contributed by atoms with van der Waals surface area (Å²) in [7, 11) is 0. The van der Waals surface area contributed by atoms with E-state index in [1.807, 2.05) is 0 Å². The Labute approximate surface area is 196 Å². The predicted octanol–water partition coefficient (Wildman–Crippen LogP) is 3.83. The van der Waals surface area contributed by atoms with E-state index in [2.05, 4.69) is 21.8 Å². The molecule has 2 aromatic heterocycles. The van der Waals surface area contributed by atoms with Crippen molar-refractivity contribution in [3.63, 3.8) is 0 Å². The van der Waals surface area contributed by atoms with Crippen molar-refractivity contribution in [3.05, 3.63) is 65.8 Å². The maximum Gasteiger partial charge on any atom is 0.405 e. The van der Waals surface area contributed by atoms with Gasteiger partial charge in [-0.05, 0) is 35.8 Å². The second-order valence-electron chi connectivity index (χ2n) is 8.43. The van der Waals surface area contributed by atoms with Crippen LogP contribution in [0.2, 0.25) is 0 Å². The number of anilines is 1. The summed E-state index contributed by atoms with van der Waals surface area (Å²) in [5, 5.41) is 2.57. The molecule has 1 aliphatic heterocycles. The highest BCUT2D eigenvalue weighted by Gasteiger charge is 2.62. The predicted molar refractivity (Wildman–Crippen MR) is 113 cm³/mol. The lowest BCUT2D eigenvalue weighted by Gasteiger charge is -2.35. The van der Waals surface area contributed by atoms with Crippen molar-refractivity contribution in [1.82, 2.24) is 14.8 Å². The number of aryl methyl sites for hydroxylation is 1. The topological polar surface area (TPSA) is 41.1 Å². The van der Waals surface area contributed by atoms with Crippen LogP contribution in [0.5, 0.6) is 0 Å². The van der Waals surface area contributed by atoms with Crippen LogP contribution < -0.4 is 14.8 Å². The quantitative estimate of drug-likeness (QED) is 0.315. The Morgan fingerprint density at radius 3 is 2.69 bits per heavy atom. The van der Waals surface area contributed by atoms with Gasteiger partial charge in [0.2, 0.25) is 6.33 Å². The van der Waals surface area contributed by atoms with Crippen molar-refractivity contribution in [3.8, 4) is 17.5 Å². The number of benzene rings is 1. The molecule has 3 aromatic rings. The van der Waals surface area contributed by atoms with Gasteiger partial charge in [-0.3, -0.25) is 4.98 Å². The number of alkyl halides is 5. The maximum atomic E-state index is 14.7. The molecule has 0 radical (unpaired) electrons. The van der Waals surface area contributed by atoms with Crippen LogP contribution in [-0.4, -0.2) is 33.9 Å². The minimum Gasteiger partial charge on any atom is -0.261 e. The van der Waals surface area contributed by atoms with Gasteiger partial charge in [0.05, 0.1) is 17.4 Å². The second-order valence-corrected chi connectivity index (χ2v) is 8.43. The Kier molecular flexibility index (Phi) is 5.38. The number of hydrogen-bond donors (Lipinski definition) is 0. The molecule has 0 unspecified atom stereocenters. The minimum atomic E-state index is -4.44. The fourth-order valence-corrected chi connectivity index (χ4v) is 4.05. The van der Waals surface area contributed by atoms with Crippen LogP contribution in [-0.2, 0) is 6.54 Å². The van der Waals surface area contributed by atoms with E-state index >= 15 is 0 Å². The van der Waals surface area contributed by atoms with Gasteiger partial charge in [-0.25, -0.2) is 18.2 Å². The van der Waals surface area contributed by atoms with E-state index in [1.54, 1.807) is 23.7 Å². The van der Waals surface area contributed by atoms with Gasteiger partial charge in [-0.2, -0.15) is 13.2 Å². The van der Waals surface area contributed by atoms with E-state index in [0.717, 1.165) is 0 Å². The fraction of sp³-hybridized carbons (Fsp3) is 0.348. The first-order valence-electron chi connectivity index (χ1n) is 10.7. The van der Waals surface area contributed by atoms with Crippen LogP contribution in [0.4, 0.5) is 32.0 Å². The Morgan fingerprint density at radius 2 is 2.00 bits per heavy atom. The third kappa shape index (κ3) is 4.05. The lowest BCUT2D eigenvalue weighted by Crippen LogP contribution is -2.63. The monoisotopic (exact) mass is 493 g/mol. The van der Waals surface area contributed by atoms with Crippen LogP contribution in [0.3, 0.4) is 0 Å². The van der Waals surface area contributed by atoms with Crippen LogP contribution in [0, 0.1) is 30.0 Å². The van der Waals surface area contributed by atoms with E-state index in [-0.39, 0.29) is 36.2 Å². The number of nitrogens with zero attached hydrogens (tertiary/aromatic N) is 6. The fourth-order valence-electron chi connectivity index (χ4n) is 4.05. The van der Waals surface area contributed by atoms with E-state index in [1.165, 1.54) is 45.8 Å². The normalized spacial score (nSPS) is 15.8. The van der Waals surface area contributed by atoms with E-state index in [4.69, 9.17) is 0 Å². The summed E-state index contributed by atoms with van der Waals surface area (Å²) < 4.78 is 83.4. The first-order valence-corrected chi connectivity index (χ1v) is 10.7. The molecule has 1 aliphatic carbocycles. The molecule has 0 N–H and O–H groups in total. The van der Waals surface area contributed by atoms with Crippen molar-refractivity contribution in [2.75, 3.05) is 16.7 Å². The molecule has 0 bridgehead atoms. The third-order valence-electron chi connectivity index (χ3n) is 6.07. The minimum absolute atomic E-state index is 0.0765. The van der Waals surface area contributed by atoms with Gasteiger partial charge in [-0.1, -0.05) is 22.9 Å². The molecular weight excluding hydrogens is 474 g/mol. The number of hydrogen-bond acceptors (Lipinski definition) is 4. The Balaban J connectivity index is 1.56. The molecule has 0 amide bonds. The average molecular weight is 493 g/mol. The van der Waals surface area contributed by atoms with Gasteiger partial charge in [0.15, 0.2) is 0 Å². The summed E-state index contributed by atoms with van der Waals surface area (Å²) in [5.41, 5.74) is -0.924. The van der Waals surface area contributed by atoms with Crippen LogP contribution >= 0.6 is 0 Å². The maximum absolute atomic E-state index is 14.7. The molecule has 1 fully saturated rings. The molecule has 0 atom stereocenters. The largest absolute Gasteiger partial charge is 0.405 e. The van der Waals surface area contributed by atoms with Gasteiger partial charge in [0.1, 0.15) is 30.0 Å². The summed E-state index contributed by atoms with van der Waals surface area (Å²) in [6, 6.07) is 5.91. The standard InChI is InChI=1S/C23H19F6N6/c1-15-31-14-34-33(12-18-19(24)3-2-4-20(18)35(15)34)32(13-21(25)26)17-9-16(10-30-11-17)5-6-22(7-8-22)23(27,28)29/h2-4,9-11,14,21H,7-8,12-13H2,1H3/q+1. The number of halogens is 6. The highest BCUT2D eigenvalue weighted by atomic mass is 19.4. The molecule has 3 heterocycles. The SMILES string of the molecule is Cc1ncn2[n+]1-c1cccc(F)c1CN2N(CC(F)F)c1cncc(C#CC2(C(F)(F)F)CC2)c1. The van der Waals surface area contributed by atoms with Crippen LogP contribution in [0.25, 0.3) is 5.69 Å². The molecule has 5 rings (SSSR count). The lowest BCUT2D eigenvalue weighted by atomic mass is 10.1.